The molecule has 1 aromatic heterocycles. The van der Waals surface area contributed by atoms with E-state index in [0.717, 1.165) is 31.4 Å². The molecule has 0 amide bonds. The molecule has 0 fully saturated rings. The SMILES string of the molecule is CC(C)=CCC/C(C)=C/CC/C(C)=C/Cc1c(C)[nH]c2cccc(F)c2c1=O. The summed E-state index contributed by atoms with van der Waals surface area (Å²) in [5.74, 6) is -0.463. The number of aromatic nitrogens is 1. The van der Waals surface area contributed by atoms with Crippen LogP contribution in [0.4, 0.5) is 4.39 Å². The Morgan fingerprint density at radius 3 is 2.32 bits per heavy atom. The first-order valence-electron chi connectivity index (χ1n) is 10.0. The summed E-state index contributed by atoms with van der Waals surface area (Å²) in [6.07, 6.45) is 11.4. The molecule has 0 unspecified atom stereocenters. The van der Waals surface area contributed by atoms with Crippen molar-refractivity contribution < 1.29 is 4.39 Å². The Labute approximate surface area is 167 Å². The van der Waals surface area contributed by atoms with E-state index in [-0.39, 0.29) is 10.8 Å². The quantitative estimate of drug-likeness (QED) is 0.494. The fraction of sp³-hybridized carbons (Fsp3) is 0.400. The van der Waals surface area contributed by atoms with Crippen LogP contribution in [0.5, 0.6) is 0 Å². The maximum absolute atomic E-state index is 14.1. The third kappa shape index (κ3) is 6.05. The summed E-state index contributed by atoms with van der Waals surface area (Å²) in [6, 6.07) is 4.69. The molecular weight excluding hydrogens is 349 g/mol. The number of rotatable bonds is 8. The van der Waals surface area contributed by atoms with Gasteiger partial charge in [0.15, 0.2) is 5.43 Å². The van der Waals surface area contributed by atoms with Crippen LogP contribution in [0.2, 0.25) is 0 Å². The van der Waals surface area contributed by atoms with Crippen LogP contribution in [-0.4, -0.2) is 4.98 Å². The maximum Gasteiger partial charge on any atom is 0.196 e. The van der Waals surface area contributed by atoms with Crippen molar-refractivity contribution in [3.63, 3.8) is 0 Å². The van der Waals surface area contributed by atoms with Crippen molar-refractivity contribution in [2.24, 2.45) is 0 Å². The summed E-state index contributed by atoms with van der Waals surface area (Å²) in [6.45, 7) is 10.4. The summed E-state index contributed by atoms with van der Waals surface area (Å²) in [4.78, 5) is 15.9. The summed E-state index contributed by atoms with van der Waals surface area (Å²) in [5.41, 5.74) is 5.84. The molecule has 0 bridgehead atoms. The van der Waals surface area contributed by atoms with Crippen LogP contribution in [0.15, 0.2) is 57.9 Å². The Kier molecular flexibility index (Phi) is 7.98. The van der Waals surface area contributed by atoms with E-state index < -0.39 is 5.82 Å². The van der Waals surface area contributed by atoms with Gasteiger partial charge < -0.3 is 4.98 Å². The number of fused-ring (bicyclic) bond motifs is 1. The molecule has 28 heavy (non-hydrogen) atoms. The fourth-order valence-corrected chi connectivity index (χ4v) is 3.32. The largest absolute Gasteiger partial charge is 0.358 e. The van der Waals surface area contributed by atoms with Gasteiger partial charge in [0.1, 0.15) is 5.82 Å². The number of H-pyrrole nitrogens is 1. The average Bonchev–Trinajstić information content (AvgIpc) is 2.61. The Bertz CT molecular complexity index is 972. The van der Waals surface area contributed by atoms with Crippen LogP contribution < -0.4 is 5.43 Å². The number of aryl methyl sites for hydroxylation is 1. The summed E-state index contributed by atoms with van der Waals surface area (Å²) >= 11 is 0. The normalized spacial score (nSPS) is 12.5. The lowest BCUT2D eigenvalue weighted by atomic mass is 10.0. The van der Waals surface area contributed by atoms with Crippen LogP contribution in [-0.2, 0) is 6.42 Å². The molecule has 1 heterocycles. The van der Waals surface area contributed by atoms with Gasteiger partial charge in [-0.2, -0.15) is 0 Å². The molecule has 2 rings (SSSR count). The standard InChI is InChI=1S/C25H32FNO/c1-17(2)9-6-10-18(3)11-7-12-19(4)15-16-21-20(5)27-23-14-8-13-22(26)24(23)25(21)28/h8-9,11,13-15H,6-7,10,12,16H2,1-5H3,(H,27,28)/b18-11+,19-15+. The summed E-state index contributed by atoms with van der Waals surface area (Å²) in [7, 11) is 0. The minimum atomic E-state index is -0.463. The zero-order chi connectivity index (χ0) is 20.7. The number of hydrogen-bond donors (Lipinski definition) is 1. The minimum absolute atomic E-state index is 0.157. The van der Waals surface area contributed by atoms with E-state index in [0.29, 0.717) is 17.5 Å². The lowest BCUT2D eigenvalue weighted by Crippen LogP contribution is -2.14. The first-order chi connectivity index (χ1) is 13.3. The Hall–Kier alpha value is -2.42. The molecule has 0 saturated carbocycles. The number of hydrogen-bond acceptors (Lipinski definition) is 1. The van der Waals surface area contributed by atoms with Gasteiger partial charge in [-0.15, -0.1) is 0 Å². The topological polar surface area (TPSA) is 32.9 Å². The van der Waals surface area contributed by atoms with Gasteiger partial charge in [-0.25, -0.2) is 4.39 Å². The highest BCUT2D eigenvalue weighted by atomic mass is 19.1. The third-order valence-corrected chi connectivity index (χ3v) is 5.07. The number of pyridine rings is 1. The van der Waals surface area contributed by atoms with Gasteiger partial charge >= 0.3 is 0 Å². The minimum Gasteiger partial charge on any atom is -0.358 e. The molecule has 0 atom stereocenters. The predicted molar refractivity (Wildman–Crippen MR) is 118 cm³/mol. The van der Waals surface area contributed by atoms with Crippen LogP contribution >= 0.6 is 0 Å². The molecule has 0 saturated heterocycles. The molecule has 0 aliphatic rings. The molecule has 0 spiro atoms. The molecule has 2 aromatic rings. The number of benzene rings is 1. The van der Waals surface area contributed by atoms with Gasteiger partial charge in [-0.1, -0.05) is 41.0 Å². The second kappa shape index (κ2) is 10.2. The van der Waals surface area contributed by atoms with E-state index >= 15 is 0 Å². The molecule has 2 nitrogen and oxygen atoms in total. The monoisotopic (exact) mass is 381 g/mol. The van der Waals surface area contributed by atoms with Gasteiger partial charge in [-0.3, -0.25) is 4.79 Å². The number of allylic oxidation sites excluding steroid dienone is 6. The number of nitrogens with one attached hydrogen (secondary N) is 1. The fourth-order valence-electron chi connectivity index (χ4n) is 3.32. The van der Waals surface area contributed by atoms with Crippen molar-refractivity contribution in [3.8, 4) is 0 Å². The van der Waals surface area contributed by atoms with Gasteiger partial charge in [-0.05, 0) is 78.9 Å². The molecule has 0 radical (unpaired) electrons. The van der Waals surface area contributed by atoms with Crippen molar-refractivity contribution >= 4 is 10.9 Å². The molecule has 1 N–H and O–H groups in total. The predicted octanol–water partition coefficient (Wildman–Crippen LogP) is 6.94. The summed E-state index contributed by atoms with van der Waals surface area (Å²) in [5, 5.41) is 0.157. The van der Waals surface area contributed by atoms with Crippen molar-refractivity contribution in [1.82, 2.24) is 4.98 Å². The highest BCUT2D eigenvalue weighted by molar-refractivity contribution is 5.80. The first-order valence-corrected chi connectivity index (χ1v) is 10.0. The molecule has 3 heteroatoms. The van der Waals surface area contributed by atoms with E-state index in [4.69, 9.17) is 0 Å². The van der Waals surface area contributed by atoms with E-state index in [2.05, 4.69) is 50.9 Å². The molecular formula is C25H32FNO. The zero-order valence-electron chi connectivity index (χ0n) is 17.8. The van der Waals surface area contributed by atoms with Crippen LogP contribution in [0.3, 0.4) is 0 Å². The molecule has 150 valence electrons. The lowest BCUT2D eigenvalue weighted by molar-refractivity contribution is 0.638. The van der Waals surface area contributed by atoms with Crippen molar-refractivity contribution in [1.29, 1.82) is 0 Å². The Morgan fingerprint density at radius 2 is 1.64 bits per heavy atom. The smallest absolute Gasteiger partial charge is 0.196 e. The second-order valence-corrected chi connectivity index (χ2v) is 7.88. The third-order valence-electron chi connectivity index (χ3n) is 5.07. The molecule has 0 aliphatic carbocycles. The first kappa shape index (κ1) is 21.9. The van der Waals surface area contributed by atoms with E-state index in [9.17, 15) is 9.18 Å². The molecule has 0 aliphatic heterocycles. The van der Waals surface area contributed by atoms with Crippen LogP contribution in [0, 0.1) is 12.7 Å². The second-order valence-electron chi connectivity index (χ2n) is 7.88. The van der Waals surface area contributed by atoms with Crippen molar-refractivity contribution in [2.45, 2.75) is 66.7 Å². The highest BCUT2D eigenvalue weighted by Crippen LogP contribution is 2.16. The van der Waals surface area contributed by atoms with Crippen molar-refractivity contribution in [2.75, 3.05) is 0 Å². The molecule has 1 aromatic carbocycles. The van der Waals surface area contributed by atoms with Gasteiger partial charge in [0.25, 0.3) is 0 Å². The summed E-state index contributed by atoms with van der Waals surface area (Å²) < 4.78 is 14.1. The van der Waals surface area contributed by atoms with E-state index in [1.54, 1.807) is 12.1 Å². The number of halogens is 1. The number of aromatic amines is 1. The zero-order valence-corrected chi connectivity index (χ0v) is 17.8. The van der Waals surface area contributed by atoms with Crippen LogP contribution in [0.1, 0.15) is 64.6 Å². The van der Waals surface area contributed by atoms with E-state index in [1.807, 2.05) is 6.92 Å². The van der Waals surface area contributed by atoms with Crippen LogP contribution in [0.25, 0.3) is 10.9 Å². The average molecular weight is 382 g/mol. The highest BCUT2D eigenvalue weighted by Gasteiger charge is 2.11. The van der Waals surface area contributed by atoms with Crippen molar-refractivity contribution in [3.05, 3.63) is 80.4 Å². The Balaban J connectivity index is 2.02. The Morgan fingerprint density at radius 1 is 1.00 bits per heavy atom. The van der Waals surface area contributed by atoms with Gasteiger partial charge in [0.2, 0.25) is 0 Å². The van der Waals surface area contributed by atoms with E-state index in [1.165, 1.54) is 22.8 Å². The van der Waals surface area contributed by atoms with Gasteiger partial charge in [0, 0.05) is 11.3 Å². The van der Waals surface area contributed by atoms with Gasteiger partial charge in [0.05, 0.1) is 10.9 Å². The lowest BCUT2D eigenvalue weighted by Gasteiger charge is -2.08. The maximum atomic E-state index is 14.1.